The molecule has 4 aliphatic carbocycles. The molecule has 0 spiro atoms. The first-order valence-electron chi connectivity index (χ1n) is 7.36. The van der Waals surface area contributed by atoms with E-state index in [4.69, 9.17) is 0 Å². The largest absolute Gasteiger partial charge is 0.244 e. The molecule has 4 bridgehead atoms. The van der Waals surface area contributed by atoms with E-state index >= 15 is 0 Å². The van der Waals surface area contributed by atoms with E-state index in [0.29, 0.717) is 5.92 Å². The van der Waals surface area contributed by atoms with Gasteiger partial charge in [0.2, 0.25) is 0 Å². The van der Waals surface area contributed by atoms with Crippen molar-refractivity contribution in [2.24, 2.45) is 35.5 Å². The lowest BCUT2D eigenvalue weighted by Crippen LogP contribution is -2.39. The van der Waals surface area contributed by atoms with Gasteiger partial charge in [-0.3, -0.25) is 0 Å². The van der Waals surface area contributed by atoms with Gasteiger partial charge in [-0.05, 0) is 74.5 Å². The fourth-order valence-corrected chi connectivity index (χ4v) is 5.85. The lowest BCUT2D eigenvalue weighted by molar-refractivity contribution is 0.0152. The first-order chi connectivity index (χ1) is 7.67. The second-order valence-corrected chi connectivity index (χ2v) is 6.57. The molecule has 0 aromatic heterocycles. The van der Waals surface area contributed by atoms with Crippen molar-refractivity contribution >= 4 is 0 Å². The molecule has 0 N–H and O–H groups in total. The Balaban J connectivity index is 0.000000386. The summed E-state index contributed by atoms with van der Waals surface area (Å²) in [6.07, 6.45) is 6.47. The summed E-state index contributed by atoms with van der Waals surface area (Å²) >= 11 is 0. The molecule has 4 fully saturated rings. The Morgan fingerprint density at radius 3 is 2.25 bits per heavy atom. The van der Waals surface area contributed by atoms with Crippen molar-refractivity contribution in [1.29, 1.82) is 0 Å². The Labute approximate surface area is 99.0 Å². The Morgan fingerprint density at radius 1 is 0.938 bits per heavy atom. The highest BCUT2D eigenvalue weighted by Crippen LogP contribution is 2.70. The van der Waals surface area contributed by atoms with E-state index < -0.39 is 5.67 Å². The van der Waals surface area contributed by atoms with Gasteiger partial charge in [-0.1, -0.05) is 13.8 Å². The molecule has 7 unspecified atom stereocenters. The summed E-state index contributed by atoms with van der Waals surface area (Å²) in [6, 6.07) is 0. The zero-order chi connectivity index (χ0) is 11.5. The van der Waals surface area contributed by atoms with E-state index in [1.807, 2.05) is 20.8 Å². The molecule has 1 heteroatoms. The number of alkyl halides is 1. The van der Waals surface area contributed by atoms with Crippen molar-refractivity contribution in [3.8, 4) is 0 Å². The molecule has 4 saturated carbocycles. The fraction of sp³-hybridized carbons (Fsp3) is 1.00. The van der Waals surface area contributed by atoms with Crippen LogP contribution in [0.25, 0.3) is 0 Å². The number of hydrogen-bond donors (Lipinski definition) is 0. The number of hydrogen-bond acceptors (Lipinski definition) is 0. The summed E-state index contributed by atoms with van der Waals surface area (Å²) < 4.78 is 14.3. The highest BCUT2D eigenvalue weighted by molar-refractivity contribution is 5.14. The predicted octanol–water partition coefficient (Wildman–Crippen LogP) is 4.44. The van der Waals surface area contributed by atoms with Gasteiger partial charge in [0.15, 0.2) is 0 Å². The van der Waals surface area contributed by atoms with Crippen molar-refractivity contribution in [2.75, 3.05) is 0 Å². The summed E-state index contributed by atoms with van der Waals surface area (Å²) in [5, 5.41) is 0. The SMILES string of the molecule is CC.CC1(F)CC2CC1C1C3CCC(C3)C21. The van der Waals surface area contributed by atoms with E-state index in [1.165, 1.54) is 25.7 Å². The first-order valence-corrected chi connectivity index (χ1v) is 7.36. The maximum Gasteiger partial charge on any atom is 0.111 e. The van der Waals surface area contributed by atoms with E-state index in [0.717, 1.165) is 36.0 Å². The van der Waals surface area contributed by atoms with Crippen molar-refractivity contribution in [3.05, 3.63) is 0 Å². The average molecular weight is 224 g/mol. The third-order valence-corrected chi connectivity index (χ3v) is 6.05. The van der Waals surface area contributed by atoms with Crippen molar-refractivity contribution < 1.29 is 4.39 Å². The van der Waals surface area contributed by atoms with Crippen molar-refractivity contribution in [1.82, 2.24) is 0 Å². The van der Waals surface area contributed by atoms with E-state index in [9.17, 15) is 4.39 Å². The van der Waals surface area contributed by atoms with Crippen LogP contribution in [-0.4, -0.2) is 5.67 Å². The molecule has 0 amide bonds. The minimum Gasteiger partial charge on any atom is -0.244 e. The summed E-state index contributed by atoms with van der Waals surface area (Å²) in [5.41, 5.74) is -0.795. The second kappa shape index (κ2) is 3.46. The van der Waals surface area contributed by atoms with Crippen LogP contribution in [0.5, 0.6) is 0 Å². The quantitative estimate of drug-likeness (QED) is 0.533. The van der Waals surface area contributed by atoms with Crippen LogP contribution >= 0.6 is 0 Å². The van der Waals surface area contributed by atoms with Gasteiger partial charge in [-0.25, -0.2) is 4.39 Å². The number of rotatable bonds is 0. The monoisotopic (exact) mass is 224 g/mol. The van der Waals surface area contributed by atoms with Gasteiger partial charge in [0.25, 0.3) is 0 Å². The smallest absolute Gasteiger partial charge is 0.111 e. The highest BCUT2D eigenvalue weighted by atomic mass is 19.1. The molecule has 16 heavy (non-hydrogen) atoms. The van der Waals surface area contributed by atoms with Crippen LogP contribution in [-0.2, 0) is 0 Å². The van der Waals surface area contributed by atoms with Gasteiger partial charge < -0.3 is 0 Å². The maximum atomic E-state index is 14.3. The third kappa shape index (κ3) is 1.21. The van der Waals surface area contributed by atoms with E-state index in [2.05, 4.69) is 0 Å². The van der Waals surface area contributed by atoms with Crippen LogP contribution in [0.4, 0.5) is 4.39 Å². The van der Waals surface area contributed by atoms with E-state index in [1.54, 1.807) is 0 Å². The zero-order valence-corrected chi connectivity index (χ0v) is 10.9. The zero-order valence-electron chi connectivity index (χ0n) is 10.9. The summed E-state index contributed by atoms with van der Waals surface area (Å²) in [4.78, 5) is 0. The van der Waals surface area contributed by atoms with Gasteiger partial charge in [0.05, 0.1) is 0 Å². The molecular formula is C15H25F. The number of halogens is 1. The predicted molar refractivity (Wildman–Crippen MR) is 64.9 cm³/mol. The molecule has 0 saturated heterocycles. The molecule has 7 atom stereocenters. The Morgan fingerprint density at radius 2 is 1.56 bits per heavy atom. The van der Waals surface area contributed by atoms with Crippen LogP contribution < -0.4 is 0 Å². The van der Waals surface area contributed by atoms with Crippen LogP contribution in [0.3, 0.4) is 0 Å². The summed E-state index contributed by atoms with van der Waals surface area (Å²) in [5.74, 6) is 4.93. The second-order valence-electron chi connectivity index (χ2n) is 6.57. The molecule has 0 aromatic carbocycles. The lowest BCUT2D eigenvalue weighted by atomic mass is 9.67. The Hall–Kier alpha value is -0.0700. The van der Waals surface area contributed by atoms with Crippen molar-refractivity contribution in [2.45, 2.75) is 58.5 Å². The maximum absolute atomic E-state index is 14.3. The fourth-order valence-electron chi connectivity index (χ4n) is 5.85. The van der Waals surface area contributed by atoms with Gasteiger partial charge in [0, 0.05) is 0 Å². The number of fused-ring (bicyclic) bond motifs is 9. The van der Waals surface area contributed by atoms with Crippen LogP contribution in [0.1, 0.15) is 52.9 Å². The standard InChI is InChI=1S/C13H19F.C2H6/c1-13(14)6-9-5-10(13)12-8-3-2-7(4-8)11(9)12;1-2/h7-12H,2-6H2,1H3;1-2H3. The van der Waals surface area contributed by atoms with Gasteiger partial charge in [-0.15, -0.1) is 0 Å². The molecule has 0 aliphatic heterocycles. The van der Waals surface area contributed by atoms with Crippen LogP contribution in [0, 0.1) is 35.5 Å². The van der Waals surface area contributed by atoms with E-state index in [-0.39, 0.29) is 0 Å². The molecule has 92 valence electrons. The molecule has 0 nitrogen and oxygen atoms in total. The molecule has 4 aliphatic rings. The molecule has 4 rings (SSSR count). The summed E-state index contributed by atoms with van der Waals surface area (Å²) in [7, 11) is 0. The van der Waals surface area contributed by atoms with Gasteiger partial charge >= 0.3 is 0 Å². The lowest BCUT2D eigenvalue weighted by Gasteiger charge is -2.40. The molecule has 0 radical (unpaired) electrons. The van der Waals surface area contributed by atoms with Gasteiger partial charge in [0.1, 0.15) is 5.67 Å². The third-order valence-electron chi connectivity index (χ3n) is 6.05. The molecule has 0 aromatic rings. The minimum atomic E-state index is -0.795. The van der Waals surface area contributed by atoms with Crippen LogP contribution in [0.15, 0.2) is 0 Å². The van der Waals surface area contributed by atoms with Crippen molar-refractivity contribution in [3.63, 3.8) is 0 Å². The molecule has 0 heterocycles. The molecular weight excluding hydrogens is 199 g/mol. The first kappa shape index (κ1) is 11.0. The van der Waals surface area contributed by atoms with Crippen LogP contribution in [0.2, 0.25) is 0 Å². The highest BCUT2D eigenvalue weighted by Gasteiger charge is 2.65. The summed E-state index contributed by atoms with van der Waals surface area (Å²) in [6.45, 7) is 5.87. The van der Waals surface area contributed by atoms with Gasteiger partial charge in [-0.2, -0.15) is 0 Å². The Bertz CT molecular complexity index is 283. The topological polar surface area (TPSA) is 0 Å². The minimum absolute atomic E-state index is 0.452. The average Bonchev–Trinajstić information content (AvgIpc) is 2.93. The normalized spacial score (nSPS) is 60.8. The Kier molecular flexibility index (Phi) is 2.39.